The Balaban J connectivity index is 1.23. The van der Waals surface area contributed by atoms with E-state index in [-0.39, 0.29) is 18.1 Å². The summed E-state index contributed by atoms with van der Waals surface area (Å²) in [6.07, 6.45) is 0.307. The second kappa shape index (κ2) is 13.6. The minimum Gasteiger partial charge on any atom is -0.490 e. The summed E-state index contributed by atoms with van der Waals surface area (Å²) >= 11 is 3.43. The fraction of sp³-hybridized carbons (Fsp3) is 0.343. The van der Waals surface area contributed by atoms with Crippen molar-refractivity contribution in [2.45, 2.75) is 51.4 Å². The molecular formula is C35H38BrNO5. The first-order valence-corrected chi connectivity index (χ1v) is 15.2. The van der Waals surface area contributed by atoms with Crippen molar-refractivity contribution in [3.05, 3.63) is 107 Å². The molecule has 6 nitrogen and oxygen atoms in total. The molecule has 1 aliphatic rings. The Morgan fingerprint density at radius 1 is 0.857 bits per heavy atom. The number of amides is 1. The van der Waals surface area contributed by atoms with Crippen LogP contribution in [0.4, 0.5) is 4.79 Å². The Kier molecular flexibility index (Phi) is 9.70. The number of likely N-dealkylation sites (tertiary alicyclic amines) is 1. The lowest BCUT2D eigenvalue weighted by molar-refractivity contribution is -0.0359. The van der Waals surface area contributed by atoms with Crippen LogP contribution >= 0.6 is 15.9 Å². The van der Waals surface area contributed by atoms with Gasteiger partial charge in [0.15, 0.2) is 0 Å². The molecule has 220 valence electrons. The molecule has 1 saturated heterocycles. The molecule has 0 N–H and O–H groups in total. The number of hydrogen-bond acceptors (Lipinski definition) is 5. The molecule has 0 spiro atoms. The highest BCUT2D eigenvalue weighted by Crippen LogP contribution is 2.33. The lowest BCUT2D eigenvalue weighted by atomic mass is 9.87. The number of ether oxygens (including phenoxy) is 4. The monoisotopic (exact) mass is 631 g/mol. The zero-order valence-corrected chi connectivity index (χ0v) is 26.0. The average molecular weight is 633 g/mol. The number of carbonyl (C=O) groups excluding carboxylic acids is 1. The summed E-state index contributed by atoms with van der Waals surface area (Å²) in [5, 5.41) is 2.39. The second-order valence-electron chi connectivity index (χ2n) is 11.6. The van der Waals surface area contributed by atoms with Crippen LogP contribution in [0.15, 0.2) is 95.5 Å². The van der Waals surface area contributed by atoms with Gasteiger partial charge in [-0.3, -0.25) is 0 Å². The molecule has 2 atom stereocenters. The normalized spacial score (nSPS) is 17.2. The van der Waals surface area contributed by atoms with Crippen LogP contribution < -0.4 is 9.47 Å². The van der Waals surface area contributed by atoms with Gasteiger partial charge < -0.3 is 23.8 Å². The lowest BCUT2D eigenvalue weighted by Crippen LogP contribution is -2.48. The summed E-state index contributed by atoms with van der Waals surface area (Å²) in [6.45, 7) is 8.12. The molecule has 5 rings (SSSR count). The van der Waals surface area contributed by atoms with Gasteiger partial charge in [-0.25, -0.2) is 4.79 Å². The van der Waals surface area contributed by atoms with Crippen molar-refractivity contribution in [2.24, 2.45) is 0 Å². The molecule has 1 aliphatic heterocycles. The molecule has 7 heteroatoms. The number of rotatable bonds is 9. The topological polar surface area (TPSA) is 57.2 Å². The molecule has 2 unspecified atom stereocenters. The molecule has 1 heterocycles. The third-order valence-corrected chi connectivity index (χ3v) is 7.76. The number of piperidine rings is 1. The van der Waals surface area contributed by atoms with Gasteiger partial charge in [0.2, 0.25) is 0 Å². The molecular weight excluding hydrogens is 594 g/mol. The Morgan fingerprint density at radius 3 is 2.17 bits per heavy atom. The van der Waals surface area contributed by atoms with E-state index in [2.05, 4.69) is 58.4 Å². The largest absolute Gasteiger partial charge is 0.490 e. The highest BCUT2D eigenvalue weighted by molar-refractivity contribution is 9.10. The van der Waals surface area contributed by atoms with Crippen molar-refractivity contribution in [3.8, 4) is 11.5 Å². The number of benzene rings is 4. The van der Waals surface area contributed by atoms with Gasteiger partial charge in [0.25, 0.3) is 0 Å². The van der Waals surface area contributed by atoms with Crippen molar-refractivity contribution in [1.82, 2.24) is 4.90 Å². The third kappa shape index (κ3) is 8.26. The fourth-order valence-corrected chi connectivity index (χ4v) is 5.42. The van der Waals surface area contributed by atoms with E-state index in [1.54, 1.807) is 4.90 Å². The van der Waals surface area contributed by atoms with Gasteiger partial charge in [-0.05, 0) is 91.6 Å². The number of nitrogens with zero attached hydrogens (tertiary/aromatic N) is 1. The predicted octanol–water partition coefficient (Wildman–Crippen LogP) is 8.37. The highest BCUT2D eigenvalue weighted by Gasteiger charge is 2.35. The lowest BCUT2D eigenvalue weighted by Gasteiger charge is -2.39. The van der Waals surface area contributed by atoms with Gasteiger partial charge in [-0.1, -0.05) is 64.5 Å². The van der Waals surface area contributed by atoms with E-state index in [0.29, 0.717) is 32.9 Å². The Morgan fingerprint density at radius 2 is 1.50 bits per heavy atom. The number of carbonyl (C=O) groups is 1. The Labute approximate surface area is 256 Å². The van der Waals surface area contributed by atoms with Crippen molar-refractivity contribution in [1.29, 1.82) is 0 Å². The Bertz CT molecular complexity index is 1470. The highest BCUT2D eigenvalue weighted by atomic mass is 79.9. The summed E-state index contributed by atoms with van der Waals surface area (Å²) in [6, 6.07) is 30.7. The van der Waals surface area contributed by atoms with E-state index >= 15 is 0 Å². The van der Waals surface area contributed by atoms with E-state index in [0.717, 1.165) is 28.0 Å². The summed E-state index contributed by atoms with van der Waals surface area (Å²) < 4.78 is 24.9. The maximum Gasteiger partial charge on any atom is 0.410 e. The molecule has 4 aromatic carbocycles. The standard InChI is InChI=1S/C35H38BrNO5/c1-35(2,3)42-34(38)37-19-18-32(33(23-37)41-24-25-8-9-26-6-4-5-7-28(26)22-25)27-10-14-30(15-11-27)39-20-21-40-31-16-12-29(36)13-17-31/h4-17,22,32-33H,18-21,23-24H2,1-3H3. The molecule has 0 aliphatic carbocycles. The van der Waals surface area contributed by atoms with E-state index in [4.69, 9.17) is 18.9 Å². The van der Waals surface area contributed by atoms with E-state index in [9.17, 15) is 4.79 Å². The molecule has 0 aromatic heterocycles. The SMILES string of the molecule is CC(C)(C)OC(=O)N1CCC(c2ccc(OCCOc3ccc(Br)cc3)cc2)C(OCc2ccc3ccccc3c2)C1. The summed E-state index contributed by atoms with van der Waals surface area (Å²) in [4.78, 5) is 14.7. The molecule has 1 fully saturated rings. The minimum atomic E-state index is -0.547. The van der Waals surface area contributed by atoms with Gasteiger partial charge >= 0.3 is 6.09 Å². The zero-order valence-electron chi connectivity index (χ0n) is 24.4. The molecule has 1 amide bonds. The quantitative estimate of drug-likeness (QED) is 0.174. The van der Waals surface area contributed by atoms with Crippen LogP contribution in [0.2, 0.25) is 0 Å². The fourth-order valence-electron chi connectivity index (χ4n) is 5.15. The molecule has 0 bridgehead atoms. The number of fused-ring (bicyclic) bond motifs is 1. The minimum absolute atomic E-state index is 0.138. The summed E-state index contributed by atoms with van der Waals surface area (Å²) in [7, 11) is 0. The van der Waals surface area contributed by atoms with Crippen LogP contribution in [0.25, 0.3) is 10.8 Å². The van der Waals surface area contributed by atoms with Crippen molar-refractivity contribution >= 4 is 32.8 Å². The zero-order chi connectivity index (χ0) is 29.5. The van der Waals surface area contributed by atoms with Crippen molar-refractivity contribution < 1.29 is 23.7 Å². The third-order valence-electron chi connectivity index (χ3n) is 7.23. The first-order chi connectivity index (χ1) is 20.2. The maximum absolute atomic E-state index is 12.9. The summed E-state index contributed by atoms with van der Waals surface area (Å²) in [5.74, 6) is 1.74. The van der Waals surface area contributed by atoms with Crippen LogP contribution in [0.3, 0.4) is 0 Å². The predicted molar refractivity (Wildman–Crippen MR) is 169 cm³/mol. The van der Waals surface area contributed by atoms with Crippen LogP contribution in [0.5, 0.6) is 11.5 Å². The molecule has 4 aromatic rings. The number of halogens is 1. The van der Waals surface area contributed by atoms with Crippen LogP contribution in [0.1, 0.15) is 44.2 Å². The van der Waals surface area contributed by atoms with Gasteiger partial charge in [-0.15, -0.1) is 0 Å². The molecule has 0 radical (unpaired) electrons. The van der Waals surface area contributed by atoms with Crippen LogP contribution in [0, 0.1) is 0 Å². The maximum atomic E-state index is 12.9. The van der Waals surface area contributed by atoms with E-state index < -0.39 is 5.60 Å². The van der Waals surface area contributed by atoms with Crippen LogP contribution in [-0.2, 0) is 16.1 Å². The van der Waals surface area contributed by atoms with Gasteiger partial charge in [0.05, 0.1) is 19.3 Å². The van der Waals surface area contributed by atoms with Gasteiger partial charge in [0.1, 0.15) is 30.3 Å². The molecule has 0 saturated carbocycles. The second-order valence-corrected chi connectivity index (χ2v) is 12.5. The van der Waals surface area contributed by atoms with Crippen LogP contribution in [-0.4, -0.2) is 49.0 Å². The average Bonchev–Trinajstić information content (AvgIpc) is 2.98. The van der Waals surface area contributed by atoms with E-state index in [1.165, 1.54) is 16.3 Å². The smallest absolute Gasteiger partial charge is 0.410 e. The number of hydrogen-bond donors (Lipinski definition) is 0. The van der Waals surface area contributed by atoms with Crippen molar-refractivity contribution in [3.63, 3.8) is 0 Å². The Hall–Kier alpha value is -3.55. The first-order valence-electron chi connectivity index (χ1n) is 14.4. The summed E-state index contributed by atoms with van der Waals surface area (Å²) in [5.41, 5.74) is 1.73. The van der Waals surface area contributed by atoms with Crippen molar-refractivity contribution in [2.75, 3.05) is 26.3 Å². The first kappa shape index (κ1) is 29.9. The van der Waals surface area contributed by atoms with Gasteiger partial charge in [0, 0.05) is 16.9 Å². The van der Waals surface area contributed by atoms with Gasteiger partial charge in [-0.2, -0.15) is 0 Å². The van der Waals surface area contributed by atoms with E-state index in [1.807, 2.05) is 69.3 Å². The molecule has 42 heavy (non-hydrogen) atoms.